The fourth-order valence-corrected chi connectivity index (χ4v) is 2.77. The summed E-state index contributed by atoms with van der Waals surface area (Å²) in [6.45, 7) is 1.84. The number of methoxy groups -OCH3 is 1. The van der Waals surface area contributed by atoms with Crippen LogP contribution < -0.4 is 4.74 Å². The standard InChI is InChI=1S/C16H18FN3O2/c1-22-16-13-8-20(6-5-14(13)18-10-19-16)9-15(21)11-3-2-4-12(17)7-11/h2-4,7,10,15,21H,5-6,8-9H2,1H3/t15-/m1/s1. The minimum atomic E-state index is -0.729. The Morgan fingerprint density at radius 1 is 1.41 bits per heavy atom. The fraction of sp³-hybridized carbons (Fsp3) is 0.375. The number of aromatic nitrogens is 2. The quantitative estimate of drug-likeness (QED) is 0.932. The maximum Gasteiger partial charge on any atom is 0.220 e. The predicted octanol–water partition coefficient (Wildman–Crippen LogP) is 1.72. The van der Waals surface area contributed by atoms with Gasteiger partial charge < -0.3 is 9.84 Å². The second kappa shape index (κ2) is 6.37. The van der Waals surface area contributed by atoms with Crippen molar-refractivity contribution in [1.29, 1.82) is 0 Å². The predicted molar refractivity (Wildman–Crippen MR) is 78.9 cm³/mol. The maximum atomic E-state index is 13.2. The van der Waals surface area contributed by atoms with Crippen molar-refractivity contribution in [3.05, 3.63) is 53.2 Å². The van der Waals surface area contributed by atoms with E-state index < -0.39 is 6.10 Å². The maximum absolute atomic E-state index is 13.2. The molecule has 1 aromatic heterocycles. The summed E-state index contributed by atoms with van der Waals surface area (Å²) in [5.41, 5.74) is 2.54. The van der Waals surface area contributed by atoms with E-state index in [1.54, 1.807) is 19.2 Å². The number of benzene rings is 1. The van der Waals surface area contributed by atoms with Gasteiger partial charge in [-0.3, -0.25) is 4.90 Å². The number of ether oxygens (including phenoxy) is 1. The van der Waals surface area contributed by atoms with Gasteiger partial charge in [-0.15, -0.1) is 0 Å². The third-order valence-corrected chi connectivity index (χ3v) is 3.90. The third kappa shape index (κ3) is 3.08. The molecule has 1 aromatic carbocycles. The van der Waals surface area contributed by atoms with Gasteiger partial charge in [-0.25, -0.2) is 14.4 Å². The van der Waals surface area contributed by atoms with Gasteiger partial charge in [0.25, 0.3) is 0 Å². The highest BCUT2D eigenvalue weighted by molar-refractivity contribution is 5.31. The summed E-state index contributed by atoms with van der Waals surface area (Å²) in [6.07, 6.45) is 1.56. The molecule has 0 radical (unpaired) electrons. The van der Waals surface area contributed by atoms with Gasteiger partial charge in [0, 0.05) is 31.6 Å². The number of fused-ring (bicyclic) bond motifs is 1. The lowest BCUT2D eigenvalue weighted by atomic mass is 10.0. The molecule has 0 spiro atoms. The average Bonchev–Trinajstić information content (AvgIpc) is 2.54. The highest BCUT2D eigenvalue weighted by Crippen LogP contribution is 2.26. The van der Waals surface area contributed by atoms with Gasteiger partial charge in [-0.2, -0.15) is 0 Å². The lowest BCUT2D eigenvalue weighted by Gasteiger charge is -2.30. The molecule has 0 amide bonds. The first-order valence-corrected chi connectivity index (χ1v) is 7.20. The minimum absolute atomic E-state index is 0.337. The number of aliphatic hydroxyl groups is 1. The molecule has 0 unspecified atom stereocenters. The fourth-order valence-electron chi connectivity index (χ4n) is 2.77. The van der Waals surface area contributed by atoms with E-state index in [4.69, 9.17) is 4.74 Å². The summed E-state index contributed by atoms with van der Waals surface area (Å²) >= 11 is 0. The Bertz CT molecular complexity index is 651. The Kier molecular flexibility index (Phi) is 4.31. The van der Waals surface area contributed by atoms with Crippen LogP contribution in [0.25, 0.3) is 0 Å². The molecule has 0 saturated heterocycles. The van der Waals surface area contributed by atoms with Gasteiger partial charge in [0.2, 0.25) is 5.88 Å². The number of aliphatic hydroxyl groups excluding tert-OH is 1. The van der Waals surface area contributed by atoms with Crippen LogP contribution in [0.4, 0.5) is 4.39 Å². The first-order valence-electron chi connectivity index (χ1n) is 7.20. The molecular formula is C16H18FN3O2. The van der Waals surface area contributed by atoms with Crippen molar-refractivity contribution >= 4 is 0 Å². The van der Waals surface area contributed by atoms with Crippen LogP contribution in [0.2, 0.25) is 0 Å². The number of rotatable bonds is 4. The first-order chi connectivity index (χ1) is 10.7. The highest BCUT2D eigenvalue weighted by atomic mass is 19.1. The lowest BCUT2D eigenvalue weighted by Crippen LogP contribution is -2.34. The molecular weight excluding hydrogens is 285 g/mol. The molecule has 3 rings (SSSR count). The van der Waals surface area contributed by atoms with Crippen molar-refractivity contribution in [3.8, 4) is 5.88 Å². The third-order valence-electron chi connectivity index (χ3n) is 3.90. The van der Waals surface area contributed by atoms with E-state index in [-0.39, 0.29) is 5.82 Å². The number of hydrogen-bond acceptors (Lipinski definition) is 5. The van der Waals surface area contributed by atoms with Crippen LogP contribution in [0.5, 0.6) is 5.88 Å². The zero-order chi connectivity index (χ0) is 15.5. The molecule has 1 aliphatic heterocycles. The minimum Gasteiger partial charge on any atom is -0.481 e. The van der Waals surface area contributed by atoms with Crippen molar-refractivity contribution in [1.82, 2.24) is 14.9 Å². The van der Waals surface area contributed by atoms with Crippen LogP contribution in [0.1, 0.15) is 22.9 Å². The second-order valence-corrected chi connectivity index (χ2v) is 5.36. The van der Waals surface area contributed by atoms with Gasteiger partial charge >= 0.3 is 0 Å². The molecule has 0 saturated carbocycles. The molecule has 6 heteroatoms. The molecule has 0 fully saturated rings. The highest BCUT2D eigenvalue weighted by Gasteiger charge is 2.23. The Morgan fingerprint density at radius 3 is 3.05 bits per heavy atom. The summed E-state index contributed by atoms with van der Waals surface area (Å²) in [5.74, 6) is 0.241. The molecule has 1 atom stereocenters. The summed E-state index contributed by atoms with van der Waals surface area (Å²) in [4.78, 5) is 10.5. The summed E-state index contributed by atoms with van der Waals surface area (Å²) < 4.78 is 18.5. The Morgan fingerprint density at radius 2 is 2.27 bits per heavy atom. The number of halogens is 1. The zero-order valence-corrected chi connectivity index (χ0v) is 12.4. The Labute approximate surface area is 128 Å². The van der Waals surface area contributed by atoms with E-state index in [9.17, 15) is 9.50 Å². The van der Waals surface area contributed by atoms with Crippen LogP contribution in [0, 0.1) is 5.82 Å². The Balaban J connectivity index is 1.72. The van der Waals surface area contributed by atoms with Crippen LogP contribution >= 0.6 is 0 Å². The molecule has 2 heterocycles. The second-order valence-electron chi connectivity index (χ2n) is 5.36. The van der Waals surface area contributed by atoms with E-state index in [0.717, 1.165) is 24.2 Å². The van der Waals surface area contributed by atoms with Crippen molar-refractivity contribution in [2.24, 2.45) is 0 Å². The molecule has 116 valence electrons. The monoisotopic (exact) mass is 303 g/mol. The van der Waals surface area contributed by atoms with Crippen LogP contribution in [0.3, 0.4) is 0 Å². The average molecular weight is 303 g/mol. The van der Waals surface area contributed by atoms with E-state index >= 15 is 0 Å². The summed E-state index contributed by atoms with van der Waals surface area (Å²) in [7, 11) is 1.59. The van der Waals surface area contributed by atoms with Crippen molar-refractivity contribution in [3.63, 3.8) is 0 Å². The molecule has 1 aliphatic rings. The molecule has 0 aliphatic carbocycles. The van der Waals surface area contributed by atoms with Gasteiger partial charge in [-0.1, -0.05) is 12.1 Å². The summed E-state index contributed by atoms with van der Waals surface area (Å²) in [6, 6.07) is 6.08. The smallest absolute Gasteiger partial charge is 0.220 e. The van der Waals surface area contributed by atoms with Crippen molar-refractivity contribution in [2.75, 3.05) is 20.2 Å². The van der Waals surface area contributed by atoms with Crippen LogP contribution in [-0.2, 0) is 13.0 Å². The van der Waals surface area contributed by atoms with E-state index in [0.29, 0.717) is 24.5 Å². The molecule has 2 aromatic rings. The zero-order valence-electron chi connectivity index (χ0n) is 12.4. The summed E-state index contributed by atoms with van der Waals surface area (Å²) in [5, 5.41) is 10.3. The van der Waals surface area contributed by atoms with Gasteiger partial charge in [0.05, 0.1) is 18.9 Å². The molecule has 0 bridgehead atoms. The van der Waals surface area contributed by atoms with Gasteiger partial charge in [-0.05, 0) is 17.7 Å². The van der Waals surface area contributed by atoms with E-state index in [1.807, 2.05) is 0 Å². The number of β-amino-alcohol motifs (C(OH)–C–C–N with tert-alkyl or cyclic N) is 1. The van der Waals surface area contributed by atoms with Crippen LogP contribution in [-0.4, -0.2) is 40.2 Å². The first kappa shape index (κ1) is 14.9. The molecule has 22 heavy (non-hydrogen) atoms. The largest absolute Gasteiger partial charge is 0.481 e. The topological polar surface area (TPSA) is 58.5 Å². The van der Waals surface area contributed by atoms with Crippen molar-refractivity contribution < 1.29 is 14.2 Å². The van der Waals surface area contributed by atoms with Gasteiger partial charge in [0.15, 0.2) is 0 Å². The normalized spacial score (nSPS) is 16.1. The van der Waals surface area contributed by atoms with E-state index in [2.05, 4.69) is 14.9 Å². The van der Waals surface area contributed by atoms with E-state index in [1.165, 1.54) is 18.5 Å². The SMILES string of the molecule is COc1ncnc2c1CN(C[C@@H](O)c1cccc(F)c1)CC2. The van der Waals surface area contributed by atoms with Crippen molar-refractivity contribution in [2.45, 2.75) is 19.1 Å². The lowest BCUT2D eigenvalue weighted by molar-refractivity contribution is 0.104. The van der Waals surface area contributed by atoms with Gasteiger partial charge in [0.1, 0.15) is 12.1 Å². The molecule has 1 N–H and O–H groups in total. The van der Waals surface area contributed by atoms with Crippen LogP contribution in [0.15, 0.2) is 30.6 Å². The Hall–Kier alpha value is -2.05. The number of nitrogens with zero attached hydrogens (tertiary/aromatic N) is 3. The number of hydrogen-bond donors (Lipinski definition) is 1. The molecule has 5 nitrogen and oxygen atoms in total.